The predicted octanol–water partition coefficient (Wildman–Crippen LogP) is 3.11. The van der Waals surface area contributed by atoms with Crippen molar-refractivity contribution in [2.45, 2.75) is 0 Å². The summed E-state index contributed by atoms with van der Waals surface area (Å²) in [5.41, 5.74) is 2.62. The number of carbonyl (C=O) groups excluding carboxylic acids is 1. The minimum atomic E-state index is -0.0926. The van der Waals surface area contributed by atoms with Crippen LogP contribution in [0.5, 0.6) is 0 Å². The molecular weight excluding hydrogens is 342 g/mol. The zero-order valence-corrected chi connectivity index (χ0v) is 13.8. The van der Waals surface area contributed by atoms with Crippen molar-refractivity contribution in [3.63, 3.8) is 0 Å². The molecule has 2 aromatic carbocycles. The summed E-state index contributed by atoms with van der Waals surface area (Å²) in [6.07, 6.45) is 0. The van der Waals surface area contributed by atoms with Gasteiger partial charge in [-0.15, -0.1) is 0 Å². The molecular formula is C17H18BrN3O. The Morgan fingerprint density at radius 2 is 1.82 bits per heavy atom. The summed E-state index contributed by atoms with van der Waals surface area (Å²) in [7, 11) is 0. The van der Waals surface area contributed by atoms with Gasteiger partial charge in [0.25, 0.3) is 5.91 Å². The smallest absolute Gasteiger partial charge is 0.255 e. The fourth-order valence-corrected chi connectivity index (χ4v) is 2.92. The van der Waals surface area contributed by atoms with Crippen molar-refractivity contribution < 1.29 is 4.79 Å². The summed E-state index contributed by atoms with van der Waals surface area (Å²) in [5.74, 6) is -0.0926. The van der Waals surface area contributed by atoms with Crippen LogP contribution >= 0.6 is 15.9 Å². The van der Waals surface area contributed by atoms with E-state index in [1.54, 1.807) is 0 Å². The Bertz CT molecular complexity index is 651. The van der Waals surface area contributed by atoms with E-state index in [9.17, 15) is 4.79 Å². The SMILES string of the molecule is O=C(Nc1cccc(Br)c1)c1ccc(N2CCNCC2)cc1. The van der Waals surface area contributed by atoms with Crippen molar-refractivity contribution in [3.8, 4) is 0 Å². The second-order valence-corrected chi connectivity index (χ2v) is 6.16. The Kier molecular flexibility index (Phi) is 4.75. The van der Waals surface area contributed by atoms with Crippen molar-refractivity contribution in [2.75, 3.05) is 36.4 Å². The summed E-state index contributed by atoms with van der Waals surface area (Å²) in [5, 5.41) is 6.24. The highest BCUT2D eigenvalue weighted by Crippen LogP contribution is 2.19. The van der Waals surface area contributed by atoms with Gasteiger partial charge < -0.3 is 15.5 Å². The molecule has 1 fully saturated rings. The summed E-state index contributed by atoms with van der Waals surface area (Å²) in [4.78, 5) is 14.6. The minimum absolute atomic E-state index is 0.0926. The molecule has 0 saturated carbocycles. The number of carbonyl (C=O) groups is 1. The van der Waals surface area contributed by atoms with Gasteiger partial charge >= 0.3 is 0 Å². The Morgan fingerprint density at radius 3 is 2.50 bits per heavy atom. The van der Waals surface area contributed by atoms with Gasteiger partial charge in [0, 0.05) is 47.6 Å². The van der Waals surface area contributed by atoms with Crippen molar-refractivity contribution >= 4 is 33.2 Å². The molecule has 2 N–H and O–H groups in total. The first-order valence-corrected chi connectivity index (χ1v) is 8.14. The molecule has 0 atom stereocenters. The number of nitrogens with zero attached hydrogens (tertiary/aromatic N) is 1. The third-order valence-corrected chi connectivity index (χ3v) is 4.19. The monoisotopic (exact) mass is 359 g/mol. The van der Waals surface area contributed by atoms with Gasteiger partial charge in [-0.3, -0.25) is 4.79 Å². The van der Waals surface area contributed by atoms with Gasteiger partial charge in [-0.2, -0.15) is 0 Å². The van der Waals surface area contributed by atoms with Gasteiger partial charge in [0.1, 0.15) is 0 Å². The molecule has 3 rings (SSSR count). The second kappa shape index (κ2) is 6.94. The Labute approximate surface area is 138 Å². The molecule has 0 aromatic heterocycles. The Hall–Kier alpha value is -1.85. The highest BCUT2D eigenvalue weighted by molar-refractivity contribution is 9.10. The average molecular weight is 360 g/mol. The molecule has 1 aliphatic heterocycles. The molecule has 22 heavy (non-hydrogen) atoms. The highest BCUT2D eigenvalue weighted by atomic mass is 79.9. The van der Waals surface area contributed by atoms with E-state index < -0.39 is 0 Å². The van der Waals surface area contributed by atoms with Crippen LogP contribution in [0.2, 0.25) is 0 Å². The van der Waals surface area contributed by atoms with Crippen molar-refractivity contribution in [2.24, 2.45) is 0 Å². The number of rotatable bonds is 3. The number of anilines is 2. The van der Waals surface area contributed by atoms with E-state index in [4.69, 9.17) is 0 Å². The molecule has 0 bridgehead atoms. The number of piperazine rings is 1. The maximum absolute atomic E-state index is 12.3. The fraction of sp³-hybridized carbons (Fsp3) is 0.235. The van der Waals surface area contributed by atoms with Crippen LogP contribution in [0.25, 0.3) is 0 Å². The molecule has 1 amide bonds. The van der Waals surface area contributed by atoms with Gasteiger partial charge in [0.15, 0.2) is 0 Å². The molecule has 1 heterocycles. The van der Waals surface area contributed by atoms with E-state index in [0.29, 0.717) is 5.56 Å². The Balaban J connectivity index is 1.68. The van der Waals surface area contributed by atoms with E-state index in [0.717, 1.165) is 36.3 Å². The van der Waals surface area contributed by atoms with Gasteiger partial charge in [-0.05, 0) is 42.5 Å². The van der Waals surface area contributed by atoms with Crippen molar-refractivity contribution in [3.05, 3.63) is 58.6 Å². The first kappa shape index (κ1) is 15.1. The number of halogens is 1. The van der Waals surface area contributed by atoms with Crippen molar-refractivity contribution in [1.82, 2.24) is 5.32 Å². The zero-order chi connectivity index (χ0) is 15.4. The van der Waals surface area contributed by atoms with Crippen LogP contribution < -0.4 is 15.5 Å². The first-order valence-electron chi connectivity index (χ1n) is 7.35. The largest absolute Gasteiger partial charge is 0.369 e. The molecule has 0 aliphatic carbocycles. The third kappa shape index (κ3) is 3.67. The van der Waals surface area contributed by atoms with Crippen LogP contribution in [0, 0.1) is 0 Å². The Morgan fingerprint density at radius 1 is 1.09 bits per heavy atom. The van der Waals surface area contributed by atoms with Gasteiger partial charge in [0.05, 0.1) is 0 Å². The molecule has 114 valence electrons. The first-order chi connectivity index (χ1) is 10.7. The average Bonchev–Trinajstić information content (AvgIpc) is 2.56. The van der Waals surface area contributed by atoms with Gasteiger partial charge in [-0.25, -0.2) is 0 Å². The summed E-state index contributed by atoms with van der Waals surface area (Å²) >= 11 is 3.40. The molecule has 4 nitrogen and oxygen atoms in total. The van der Waals surface area contributed by atoms with E-state index in [-0.39, 0.29) is 5.91 Å². The normalized spacial score (nSPS) is 14.7. The van der Waals surface area contributed by atoms with E-state index in [2.05, 4.69) is 31.5 Å². The lowest BCUT2D eigenvalue weighted by molar-refractivity contribution is 0.102. The molecule has 5 heteroatoms. The molecule has 0 spiro atoms. The van der Waals surface area contributed by atoms with E-state index >= 15 is 0 Å². The number of amides is 1. The molecule has 2 aromatic rings. The van der Waals surface area contributed by atoms with Crippen LogP contribution in [0.4, 0.5) is 11.4 Å². The highest BCUT2D eigenvalue weighted by Gasteiger charge is 2.11. The van der Waals surface area contributed by atoms with Gasteiger partial charge in [0.2, 0.25) is 0 Å². The van der Waals surface area contributed by atoms with E-state index in [1.165, 1.54) is 5.69 Å². The second-order valence-electron chi connectivity index (χ2n) is 5.25. The van der Waals surface area contributed by atoms with Crippen LogP contribution in [0.1, 0.15) is 10.4 Å². The maximum atomic E-state index is 12.3. The standard InChI is InChI=1S/C17H18BrN3O/c18-14-2-1-3-15(12-14)20-17(22)13-4-6-16(7-5-13)21-10-8-19-9-11-21/h1-7,12,19H,8-11H2,(H,20,22). The van der Waals surface area contributed by atoms with Crippen molar-refractivity contribution in [1.29, 1.82) is 0 Å². The number of benzene rings is 2. The lowest BCUT2D eigenvalue weighted by Gasteiger charge is -2.29. The van der Waals surface area contributed by atoms with Crippen LogP contribution in [-0.4, -0.2) is 32.1 Å². The number of nitrogens with one attached hydrogen (secondary N) is 2. The van der Waals surface area contributed by atoms with Crippen LogP contribution in [-0.2, 0) is 0 Å². The minimum Gasteiger partial charge on any atom is -0.369 e. The van der Waals surface area contributed by atoms with Crippen LogP contribution in [0.3, 0.4) is 0 Å². The quantitative estimate of drug-likeness (QED) is 0.884. The fourth-order valence-electron chi connectivity index (χ4n) is 2.52. The number of hydrogen-bond donors (Lipinski definition) is 2. The lowest BCUT2D eigenvalue weighted by Crippen LogP contribution is -2.43. The van der Waals surface area contributed by atoms with Crippen LogP contribution in [0.15, 0.2) is 53.0 Å². The summed E-state index contributed by atoms with van der Waals surface area (Å²) in [6.45, 7) is 4.02. The number of hydrogen-bond acceptors (Lipinski definition) is 3. The van der Waals surface area contributed by atoms with Gasteiger partial charge in [-0.1, -0.05) is 22.0 Å². The summed E-state index contributed by atoms with van der Waals surface area (Å²) in [6, 6.07) is 15.4. The predicted molar refractivity (Wildman–Crippen MR) is 93.6 cm³/mol. The third-order valence-electron chi connectivity index (χ3n) is 3.69. The topological polar surface area (TPSA) is 44.4 Å². The lowest BCUT2D eigenvalue weighted by atomic mass is 10.1. The molecule has 0 unspecified atom stereocenters. The molecule has 1 aliphatic rings. The zero-order valence-electron chi connectivity index (χ0n) is 12.2. The maximum Gasteiger partial charge on any atom is 0.255 e. The molecule has 1 saturated heterocycles. The van der Waals surface area contributed by atoms with E-state index in [1.807, 2.05) is 48.5 Å². The summed E-state index contributed by atoms with van der Waals surface area (Å²) < 4.78 is 0.944. The molecule has 0 radical (unpaired) electrons.